The van der Waals surface area contributed by atoms with Crippen molar-refractivity contribution in [2.45, 2.75) is 26.3 Å². The fourth-order valence-electron chi connectivity index (χ4n) is 2.82. The van der Waals surface area contributed by atoms with E-state index in [9.17, 15) is 4.79 Å². The number of carbonyl (C=O) groups is 1. The van der Waals surface area contributed by atoms with Gasteiger partial charge >= 0.3 is 0 Å². The highest BCUT2D eigenvalue weighted by Gasteiger charge is 2.18. The minimum absolute atomic E-state index is 0.0157. The molecule has 2 aromatic rings. The molecule has 0 fully saturated rings. The van der Waals surface area contributed by atoms with Gasteiger partial charge in [-0.1, -0.05) is 37.6 Å². The van der Waals surface area contributed by atoms with Gasteiger partial charge in [-0.2, -0.15) is 0 Å². The maximum Gasteiger partial charge on any atom is 0.222 e. The second kappa shape index (κ2) is 10.1. The summed E-state index contributed by atoms with van der Waals surface area (Å²) in [5.41, 5.74) is 1.83. The predicted molar refractivity (Wildman–Crippen MR) is 110 cm³/mol. The number of hydrogen-bond donors (Lipinski definition) is 2. The number of ether oxygens (including phenoxy) is 2. The predicted octanol–water partition coefficient (Wildman–Crippen LogP) is 4.67. The van der Waals surface area contributed by atoms with Crippen molar-refractivity contribution in [3.63, 3.8) is 0 Å². The second-order valence-electron chi connectivity index (χ2n) is 6.58. The molecular weight excluding hydrogens is 364 g/mol. The molecule has 2 rings (SSSR count). The number of methoxy groups -OCH3 is 2. The van der Waals surface area contributed by atoms with Gasteiger partial charge in [-0.25, -0.2) is 0 Å². The van der Waals surface area contributed by atoms with Crippen molar-refractivity contribution in [2.75, 3.05) is 26.1 Å². The highest BCUT2D eigenvalue weighted by atomic mass is 35.5. The maximum atomic E-state index is 12.4. The summed E-state index contributed by atoms with van der Waals surface area (Å²) >= 11 is 6.02. The molecule has 0 saturated heterocycles. The lowest BCUT2D eigenvalue weighted by Crippen LogP contribution is -2.32. The van der Waals surface area contributed by atoms with E-state index in [-0.39, 0.29) is 17.9 Å². The molecule has 0 aliphatic rings. The molecule has 0 aliphatic heterocycles. The van der Waals surface area contributed by atoms with Gasteiger partial charge in [0.1, 0.15) is 11.5 Å². The zero-order valence-electron chi connectivity index (χ0n) is 16.2. The van der Waals surface area contributed by atoms with Gasteiger partial charge in [0.25, 0.3) is 0 Å². The zero-order chi connectivity index (χ0) is 19.8. The quantitative estimate of drug-likeness (QED) is 0.653. The molecule has 5 nitrogen and oxygen atoms in total. The largest absolute Gasteiger partial charge is 0.497 e. The van der Waals surface area contributed by atoms with Gasteiger partial charge in [0.05, 0.1) is 25.9 Å². The second-order valence-corrected chi connectivity index (χ2v) is 7.02. The molecule has 2 N–H and O–H groups in total. The molecule has 146 valence electrons. The summed E-state index contributed by atoms with van der Waals surface area (Å²) in [5.74, 6) is 1.74. The summed E-state index contributed by atoms with van der Waals surface area (Å²) in [6.45, 7) is 4.66. The lowest BCUT2D eigenvalue weighted by atomic mass is 9.96. The van der Waals surface area contributed by atoms with Crippen molar-refractivity contribution < 1.29 is 14.3 Å². The van der Waals surface area contributed by atoms with Crippen LogP contribution in [0, 0.1) is 5.92 Å². The van der Waals surface area contributed by atoms with Crippen LogP contribution in [0.4, 0.5) is 5.69 Å². The van der Waals surface area contributed by atoms with Crippen LogP contribution >= 0.6 is 11.6 Å². The Kier molecular flexibility index (Phi) is 7.80. The number of benzene rings is 2. The normalized spacial score (nSPS) is 11.8. The van der Waals surface area contributed by atoms with Crippen LogP contribution in [0.3, 0.4) is 0 Å². The van der Waals surface area contributed by atoms with Crippen LogP contribution in [0.5, 0.6) is 11.5 Å². The van der Waals surface area contributed by atoms with Gasteiger partial charge in [0.15, 0.2) is 0 Å². The average molecular weight is 391 g/mol. The van der Waals surface area contributed by atoms with E-state index >= 15 is 0 Å². The van der Waals surface area contributed by atoms with Crippen molar-refractivity contribution in [3.8, 4) is 11.5 Å². The first-order valence-corrected chi connectivity index (χ1v) is 9.33. The number of anilines is 1. The van der Waals surface area contributed by atoms with Crippen molar-refractivity contribution in [2.24, 2.45) is 5.92 Å². The van der Waals surface area contributed by atoms with Crippen LogP contribution in [-0.4, -0.2) is 26.7 Å². The van der Waals surface area contributed by atoms with Crippen LogP contribution in [0.15, 0.2) is 42.5 Å². The Bertz CT molecular complexity index is 748. The first-order valence-electron chi connectivity index (χ1n) is 8.95. The van der Waals surface area contributed by atoms with E-state index in [2.05, 4.69) is 24.5 Å². The summed E-state index contributed by atoms with van der Waals surface area (Å²) in [7, 11) is 3.24. The van der Waals surface area contributed by atoms with E-state index in [1.807, 2.05) is 24.3 Å². The van der Waals surface area contributed by atoms with Crippen LogP contribution in [0.1, 0.15) is 31.9 Å². The Morgan fingerprint density at radius 3 is 2.37 bits per heavy atom. The van der Waals surface area contributed by atoms with Crippen molar-refractivity contribution in [1.82, 2.24) is 5.32 Å². The van der Waals surface area contributed by atoms with E-state index in [1.54, 1.807) is 32.4 Å². The molecule has 1 unspecified atom stereocenters. The number of amides is 1. The topological polar surface area (TPSA) is 59.6 Å². The summed E-state index contributed by atoms with van der Waals surface area (Å²) in [5, 5.41) is 6.94. The average Bonchev–Trinajstić information content (AvgIpc) is 2.66. The standard InChI is InChI=1S/C21H27ClN2O3/c1-14(2)21(15-5-8-17(26-3)9-6-15)24-20(25)11-12-23-18-13-16(22)7-10-19(18)27-4/h5-10,13-14,21,23H,11-12H2,1-4H3,(H,24,25). The summed E-state index contributed by atoms with van der Waals surface area (Å²) in [6, 6.07) is 13.1. The minimum Gasteiger partial charge on any atom is -0.497 e. The molecule has 27 heavy (non-hydrogen) atoms. The van der Waals surface area contributed by atoms with Gasteiger partial charge in [-0.05, 0) is 41.8 Å². The molecule has 0 aromatic heterocycles. The molecule has 0 radical (unpaired) electrons. The Morgan fingerprint density at radius 1 is 1.07 bits per heavy atom. The summed E-state index contributed by atoms with van der Waals surface area (Å²) in [4.78, 5) is 12.4. The van der Waals surface area contributed by atoms with Gasteiger partial charge in [0.2, 0.25) is 5.91 Å². The first kappa shape index (κ1) is 20.9. The molecule has 1 amide bonds. The first-order chi connectivity index (χ1) is 12.9. The van der Waals surface area contributed by atoms with E-state index < -0.39 is 0 Å². The molecule has 0 bridgehead atoms. The molecule has 0 heterocycles. The third-order valence-corrected chi connectivity index (χ3v) is 4.52. The van der Waals surface area contributed by atoms with E-state index in [4.69, 9.17) is 21.1 Å². The monoisotopic (exact) mass is 390 g/mol. The number of halogens is 1. The van der Waals surface area contributed by atoms with E-state index in [0.29, 0.717) is 23.7 Å². The van der Waals surface area contributed by atoms with E-state index in [0.717, 1.165) is 17.0 Å². The van der Waals surface area contributed by atoms with Crippen molar-refractivity contribution in [3.05, 3.63) is 53.1 Å². The van der Waals surface area contributed by atoms with E-state index in [1.165, 1.54) is 0 Å². The van der Waals surface area contributed by atoms with Crippen LogP contribution in [-0.2, 0) is 4.79 Å². The van der Waals surface area contributed by atoms with Crippen molar-refractivity contribution >= 4 is 23.2 Å². The summed E-state index contributed by atoms with van der Waals surface area (Å²) < 4.78 is 10.5. The minimum atomic E-state index is -0.0517. The molecule has 0 saturated carbocycles. The lowest BCUT2D eigenvalue weighted by molar-refractivity contribution is -0.121. The Labute approximate surface area is 166 Å². The summed E-state index contributed by atoms with van der Waals surface area (Å²) in [6.07, 6.45) is 0.342. The Hall–Kier alpha value is -2.40. The number of hydrogen-bond acceptors (Lipinski definition) is 4. The SMILES string of the molecule is COc1ccc(C(NC(=O)CCNc2cc(Cl)ccc2OC)C(C)C)cc1. The highest BCUT2D eigenvalue weighted by molar-refractivity contribution is 6.30. The van der Waals surface area contributed by atoms with Crippen LogP contribution < -0.4 is 20.1 Å². The molecule has 0 spiro atoms. The molecule has 0 aliphatic carbocycles. The molecule has 6 heteroatoms. The fourth-order valence-corrected chi connectivity index (χ4v) is 2.99. The third kappa shape index (κ3) is 6.07. The Balaban J connectivity index is 1.93. The number of carbonyl (C=O) groups excluding carboxylic acids is 1. The fraction of sp³-hybridized carbons (Fsp3) is 0.381. The third-order valence-electron chi connectivity index (χ3n) is 4.29. The number of nitrogens with one attached hydrogen (secondary N) is 2. The molecular formula is C21H27ClN2O3. The van der Waals surface area contributed by atoms with Crippen molar-refractivity contribution in [1.29, 1.82) is 0 Å². The van der Waals surface area contributed by atoms with Crippen LogP contribution in [0.2, 0.25) is 5.02 Å². The van der Waals surface area contributed by atoms with Gasteiger partial charge < -0.3 is 20.1 Å². The maximum absolute atomic E-state index is 12.4. The molecule has 2 aromatic carbocycles. The zero-order valence-corrected chi connectivity index (χ0v) is 17.0. The number of rotatable bonds is 9. The molecule has 1 atom stereocenters. The smallest absolute Gasteiger partial charge is 0.222 e. The highest BCUT2D eigenvalue weighted by Crippen LogP contribution is 2.28. The van der Waals surface area contributed by atoms with Gasteiger partial charge in [-0.3, -0.25) is 4.79 Å². The van der Waals surface area contributed by atoms with Gasteiger partial charge in [0, 0.05) is 18.0 Å². The lowest BCUT2D eigenvalue weighted by Gasteiger charge is -2.23. The van der Waals surface area contributed by atoms with Crippen LogP contribution in [0.25, 0.3) is 0 Å². The van der Waals surface area contributed by atoms with Gasteiger partial charge in [-0.15, -0.1) is 0 Å². The Morgan fingerprint density at radius 2 is 1.78 bits per heavy atom.